The van der Waals surface area contributed by atoms with Gasteiger partial charge in [0, 0.05) is 12.0 Å². The van der Waals surface area contributed by atoms with Crippen LogP contribution < -0.4 is 5.32 Å². The Labute approximate surface area is 61.0 Å². The van der Waals surface area contributed by atoms with Crippen molar-refractivity contribution >= 4 is 6.29 Å². The van der Waals surface area contributed by atoms with Crippen LogP contribution in [-0.2, 0) is 4.79 Å². The Bertz CT molecular complexity index is 138. The molecule has 10 heavy (non-hydrogen) atoms. The van der Waals surface area contributed by atoms with Crippen molar-refractivity contribution in [1.82, 2.24) is 5.32 Å². The molecular weight excluding hydrogens is 126 g/mol. The molecule has 0 amide bonds. The van der Waals surface area contributed by atoms with Gasteiger partial charge in [-0.1, -0.05) is 0 Å². The maximum Gasteiger partial charge on any atom is 0.124 e. The van der Waals surface area contributed by atoms with Crippen LogP contribution in [0.3, 0.4) is 0 Å². The first-order valence-electron chi connectivity index (χ1n) is 4.09. The van der Waals surface area contributed by atoms with E-state index in [2.05, 4.69) is 5.32 Å². The summed E-state index contributed by atoms with van der Waals surface area (Å²) in [6, 6.07) is 0.516. The van der Waals surface area contributed by atoms with Gasteiger partial charge in [-0.25, -0.2) is 0 Å². The van der Waals surface area contributed by atoms with Crippen LogP contribution in [0.15, 0.2) is 0 Å². The third-order valence-electron chi connectivity index (χ3n) is 2.85. The predicted molar refractivity (Wildman–Crippen MR) is 38.7 cm³/mol. The molecule has 0 radical (unpaired) electrons. The molecule has 3 atom stereocenters. The van der Waals surface area contributed by atoms with Crippen molar-refractivity contribution in [1.29, 1.82) is 0 Å². The molecular formula is C8H13NO. The molecule has 3 aliphatic rings. The average Bonchev–Trinajstić information content (AvgIpc) is 2.06. The van der Waals surface area contributed by atoms with Crippen molar-refractivity contribution in [2.45, 2.75) is 25.3 Å². The van der Waals surface area contributed by atoms with Crippen LogP contribution in [0.2, 0.25) is 0 Å². The van der Waals surface area contributed by atoms with E-state index in [1.807, 2.05) is 0 Å². The van der Waals surface area contributed by atoms with Crippen molar-refractivity contribution in [2.75, 3.05) is 6.54 Å². The maximum absolute atomic E-state index is 10.5. The Morgan fingerprint density at radius 2 is 2.30 bits per heavy atom. The van der Waals surface area contributed by atoms with E-state index < -0.39 is 0 Å². The van der Waals surface area contributed by atoms with Crippen molar-refractivity contribution in [3.05, 3.63) is 0 Å². The summed E-state index contributed by atoms with van der Waals surface area (Å²) >= 11 is 0. The highest BCUT2D eigenvalue weighted by molar-refractivity contribution is 5.55. The molecule has 0 aromatic carbocycles. The van der Waals surface area contributed by atoms with E-state index in [1.54, 1.807) is 0 Å². The van der Waals surface area contributed by atoms with Gasteiger partial charge in [-0.05, 0) is 31.7 Å². The van der Waals surface area contributed by atoms with E-state index >= 15 is 0 Å². The number of carbonyl (C=O) groups excluding carboxylic acids is 1. The highest BCUT2D eigenvalue weighted by atomic mass is 16.1. The first kappa shape index (κ1) is 6.35. The first-order chi connectivity index (χ1) is 4.90. The number of hydrogen-bond donors (Lipinski definition) is 1. The smallest absolute Gasteiger partial charge is 0.124 e. The van der Waals surface area contributed by atoms with E-state index in [4.69, 9.17) is 0 Å². The molecule has 2 bridgehead atoms. The Morgan fingerprint density at radius 1 is 1.40 bits per heavy atom. The monoisotopic (exact) mass is 139 g/mol. The second-order valence-corrected chi connectivity index (χ2v) is 3.49. The van der Waals surface area contributed by atoms with Crippen LogP contribution in [0.1, 0.15) is 19.3 Å². The lowest BCUT2D eigenvalue weighted by Gasteiger charge is -2.40. The lowest BCUT2D eigenvalue weighted by molar-refractivity contribution is -0.114. The first-order valence-corrected chi connectivity index (χ1v) is 4.09. The van der Waals surface area contributed by atoms with Gasteiger partial charge in [0.25, 0.3) is 0 Å². The van der Waals surface area contributed by atoms with E-state index in [9.17, 15) is 4.79 Å². The molecule has 2 saturated heterocycles. The fourth-order valence-electron chi connectivity index (χ4n) is 2.20. The van der Waals surface area contributed by atoms with Gasteiger partial charge in [0.15, 0.2) is 0 Å². The van der Waals surface area contributed by atoms with Crippen LogP contribution in [0, 0.1) is 11.8 Å². The third-order valence-corrected chi connectivity index (χ3v) is 2.85. The molecule has 2 heterocycles. The number of fused-ring (bicyclic) bond motifs is 3. The highest BCUT2D eigenvalue weighted by Crippen LogP contribution is 2.32. The molecule has 56 valence electrons. The fourth-order valence-corrected chi connectivity index (χ4v) is 2.20. The van der Waals surface area contributed by atoms with Gasteiger partial charge < -0.3 is 10.1 Å². The average molecular weight is 139 g/mol. The fraction of sp³-hybridized carbons (Fsp3) is 0.875. The van der Waals surface area contributed by atoms with E-state index in [1.165, 1.54) is 12.8 Å². The molecule has 2 heteroatoms. The zero-order chi connectivity index (χ0) is 6.97. The predicted octanol–water partition coefficient (Wildman–Crippen LogP) is 0.573. The molecule has 0 spiro atoms. The van der Waals surface area contributed by atoms with Crippen LogP contribution in [0.5, 0.6) is 0 Å². The summed E-state index contributed by atoms with van der Waals surface area (Å²) in [4.78, 5) is 10.5. The summed E-state index contributed by atoms with van der Waals surface area (Å²) in [6.07, 6.45) is 4.82. The Kier molecular flexibility index (Phi) is 1.49. The largest absolute Gasteiger partial charge is 0.313 e. The van der Waals surface area contributed by atoms with E-state index in [0.29, 0.717) is 12.0 Å². The quantitative estimate of drug-likeness (QED) is 0.538. The summed E-state index contributed by atoms with van der Waals surface area (Å²) in [7, 11) is 0. The van der Waals surface area contributed by atoms with Crippen LogP contribution >= 0.6 is 0 Å². The minimum absolute atomic E-state index is 0.326. The van der Waals surface area contributed by atoms with Crippen molar-refractivity contribution in [3.63, 3.8) is 0 Å². The van der Waals surface area contributed by atoms with Gasteiger partial charge >= 0.3 is 0 Å². The summed E-state index contributed by atoms with van der Waals surface area (Å²) < 4.78 is 0. The zero-order valence-corrected chi connectivity index (χ0v) is 6.05. The summed E-state index contributed by atoms with van der Waals surface area (Å²) in [6.45, 7) is 1.15. The van der Waals surface area contributed by atoms with Gasteiger partial charge in [-0.2, -0.15) is 0 Å². The normalized spacial score (nSPS) is 45.4. The number of carbonyl (C=O) groups is 1. The van der Waals surface area contributed by atoms with Crippen LogP contribution in [-0.4, -0.2) is 18.9 Å². The van der Waals surface area contributed by atoms with Crippen molar-refractivity contribution < 1.29 is 4.79 Å². The van der Waals surface area contributed by atoms with Gasteiger partial charge in [0.05, 0.1) is 0 Å². The Hall–Kier alpha value is -0.370. The molecule has 1 aliphatic carbocycles. The zero-order valence-electron chi connectivity index (χ0n) is 6.05. The van der Waals surface area contributed by atoms with Gasteiger partial charge in [0.2, 0.25) is 0 Å². The van der Waals surface area contributed by atoms with Crippen molar-refractivity contribution in [2.24, 2.45) is 11.8 Å². The number of piperidine rings is 2. The molecule has 1 saturated carbocycles. The topological polar surface area (TPSA) is 29.1 Å². The third kappa shape index (κ3) is 0.870. The molecule has 1 N–H and O–H groups in total. The second-order valence-electron chi connectivity index (χ2n) is 3.49. The molecule has 2 aliphatic heterocycles. The van der Waals surface area contributed by atoms with E-state index in [-0.39, 0.29) is 0 Å². The molecule has 0 aromatic rings. The summed E-state index contributed by atoms with van der Waals surface area (Å²) in [5.41, 5.74) is 0. The van der Waals surface area contributed by atoms with Crippen LogP contribution in [0.4, 0.5) is 0 Å². The Balaban J connectivity index is 2.07. The van der Waals surface area contributed by atoms with Crippen molar-refractivity contribution in [3.8, 4) is 0 Å². The summed E-state index contributed by atoms with van der Waals surface area (Å²) in [5, 5.41) is 3.39. The second kappa shape index (κ2) is 2.35. The molecule has 3 fully saturated rings. The number of aldehydes is 1. The minimum atomic E-state index is 0.326. The summed E-state index contributed by atoms with van der Waals surface area (Å²) in [5.74, 6) is 1.12. The number of nitrogens with one attached hydrogen (secondary N) is 1. The number of hydrogen-bond acceptors (Lipinski definition) is 2. The highest BCUT2D eigenvalue weighted by Gasteiger charge is 2.34. The standard InChI is InChI=1S/C8H13NO/c10-5-7-3-6-1-2-8(7)9-4-6/h5-9H,1-4H2. The van der Waals surface area contributed by atoms with E-state index in [0.717, 1.165) is 25.2 Å². The molecule has 3 unspecified atom stereocenters. The molecule has 0 aromatic heterocycles. The maximum atomic E-state index is 10.5. The van der Waals surface area contributed by atoms with Gasteiger partial charge in [-0.3, -0.25) is 0 Å². The lowest BCUT2D eigenvalue weighted by atomic mass is 9.75. The Morgan fingerprint density at radius 3 is 2.60 bits per heavy atom. The SMILES string of the molecule is O=CC1CC2CCC1NC2. The molecule has 3 rings (SSSR count). The van der Waals surface area contributed by atoms with Gasteiger partial charge in [-0.15, -0.1) is 0 Å². The lowest BCUT2D eigenvalue weighted by Crippen LogP contribution is -2.50. The molecule has 2 nitrogen and oxygen atoms in total. The van der Waals surface area contributed by atoms with Crippen LogP contribution in [0.25, 0.3) is 0 Å². The number of rotatable bonds is 1. The van der Waals surface area contributed by atoms with Gasteiger partial charge in [0.1, 0.15) is 6.29 Å². The minimum Gasteiger partial charge on any atom is -0.313 e.